The molecule has 2 aliphatic carbocycles. The van der Waals surface area contributed by atoms with E-state index < -0.39 is 12.0 Å². The third-order valence-electron chi connectivity index (χ3n) is 8.99. The van der Waals surface area contributed by atoms with Crippen molar-refractivity contribution in [1.29, 1.82) is 0 Å². The summed E-state index contributed by atoms with van der Waals surface area (Å²) in [4.78, 5) is 0. The Morgan fingerprint density at radius 1 is 0.677 bits per heavy atom. The molecule has 2 aliphatic rings. The number of hydrogen-bond donors (Lipinski definition) is 0. The molecule has 0 heterocycles. The molecular weight excluding hydrogens is 390 g/mol. The van der Waals surface area contributed by atoms with E-state index in [1.165, 1.54) is 25.7 Å². The molecule has 176 valence electrons. The number of alkyl halides is 2. The highest BCUT2D eigenvalue weighted by atomic mass is 19.3. The van der Waals surface area contributed by atoms with Gasteiger partial charge in [0.15, 0.2) is 0 Å². The van der Waals surface area contributed by atoms with Crippen molar-refractivity contribution < 1.29 is 13.5 Å². The molecule has 2 saturated carbocycles. The lowest BCUT2D eigenvalue weighted by molar-refractivity contribution is -0.225. The third-order valence-corrected chi connectivity index (χ3v) is 8.99. The Hall–Kier alpha value is -1.12. The molecule has 1 aromatic rings. The van der Waals surface area contributed by atoms with Crippen molar-refractivity contribution in [2.75, 3.05) is 0 Å². The Morgan fingerprint density at radius 3 is 1.58 bits per heavy atom. The largest absolute Gasteiger partial charge is 0.432 e. The maximum Gasteiger partial charge on any atom is 0.400 e. The van der Waals surface area contributed by atoms with Crippen LogP contribution >= 0.6 is 0 Å². The van der Waals surface area contributed by atoms with Crippen molar-refractivity contribution >= 4 is 0 Å². The van der Waals surface area contributed by atoms with Crippen molar-refractivity contribution in [3.63, 3.8) is 0 Å². The molecule has 31 heavy (non-hydrogen) atoms. The van der Waals surface area contributed by atoms with Crippen LogP contribution < -0.4 is 4.74 Å². The summed E-state index contributed by atoms with van der Waals surface area (Å²) >= 11 is 0. The van der Waals surface area contributed by atoms with Gasteiger partial charge in [0.2, 0.25) is 0 Å². The molecule has 0 amide bonds. The molecule has 0 aliphatic heterocycles. The fourth-order valence-electron chi connectivity index (χ4n) is 6.23. The van der Waals surface area contributed by atoms with Crippen molar-refractivity contribution in [2.24, 2.45) is 34.5 Å². The van der Waals surface area contributed by atoms with Crippen molar-refractivity contribution in [3.8, 4) is 5.75 Å². The number of aryl methyl sites for hydroxylation is 2. The summed E-state index contributed by atoms with van der Waals surface area (Å²) in [5.74, 6) is 1.68. The van der Waals surface area contributed by atoms with Gasteiger partial charge in [-0.1, -0.05) is 40.7 Å². The summed E-state index contributed by atoms with van der Waals surface area (Å²) in [5, 5.41) is 0. The van der Waals surface area contributed by atoms with Crippen LogP contribution in [0, 0.1) is 48.3 Å². The Balaban J connectivity index is 1.56. The maximum atomic E-state index is 14.9. The van der Waals surface area contributed by atoms with E-state index in [1.54, 1.807) is 12.1 Å². The van der Waals surface area contributed by atoms with Crippen LogP contribution in [0.15, 0.2) is 18.2 Å². The standard InChI is InChI=1S/C28H44F2O/c1-19-8-17-25(18-20(19)2)31-28(29,30)24-15-13-23(14-16-24)27(6,7)22-11-9-21(10-12-22)26(3,4)5/h8,17-18,21-24H,9-16H2,1-7H3. The molecule has 2 fully saturated rings. The first-order valence-electron chi connectivity index (χ1n) is 12.4. The van der Waals surface area contributed by atoms with Gasteiger partial charge in [0.1, 0.15) is 5.75 Å². The second kappa shape index (κ2) is 9.02. The number of rotatable bonds is 5. The minimum Gasteiger partial charge on any atom is -0.432 e. The van der Waals surface area contributed by atoms with Gasteiger partial charge in [0.25, 0.3) is 0 Å². The highest BCUT2D eigenvalue weighted by molar-refractivity contribution is 5.34. The van der Waals surface area contributed by atoms with Gasteiger partial charge in [-0.2, -0.15) is 8.78 Å². The molecule has 0 radical (unpaired) electrons. The minimum absolute atomic E-state index is 0.234. The second-order valence-corrected chi connectivity index (χ2v) is 12.2. The van der Waals surface area contributed by atoms with Gasteiger partial charge in [-0.05, 0) is 117 Å². The average molecular weight is 435 g/mol. The first-order chi connectivity index (χ1) is 14.3. The summed E-state index contributed by atoms with van der Waals surface area (Å²) < 4.78 is 35.1. The SMILES string of the molecule is Cc1ccc(OC(F)(F)C2CCC(C(C)(C)C3CCC(C(C)(C)C)CC3)CC2)cc1C. The molecule has 0 N–H and O–H groups in total. The normalized spacial score (nSPS) is 28.4. The van der Waals surface area contributed by atoms with Crippen LogP contribution in [-0.2, 0) is 0 Å². The zero-order valence-corrected chi connectivity index (χ0v) is 20.9. The van der Waals surface area contributed by atoms with Crippen LogP contribution in [0.3, 0.4) is 0 Å². The fourth-order valence-corrected chi connectivity index (χ4v) is 6.23. The number of halogens is 2. The Bertz CT molecular complexity index is 730. The number of hydrogen-bond acceptors (Lipinski definition) is 1. The van der Waals surface area contributed by atoms with Gasteiger partial charge in [-0.15, -0.1) is 0 Å². The molecule has 1 nitrogen and oxygen atoms in total. The first-order valence-corrected chi connectivity index (χ1v) is 12.4. The molecule has 3 rings (SSSR count). The second-order valence-electron chi connectivity index (χ2n) is 12.2. The quantitative estimate of drug-likeness (QED) is 0.449. The Kier molecular flexibility index (Phi) is 7.14. The summed E-state index contributed by atoms with van der Waals surface area (Å²) in [7, 11) is 0. The lowest BCUT2D eigenvalue weighted by Crippen LogP contribution is -2.42. The minimum atomic E-state index is -3.10. The lowest BCUT2D eigenvalue weighted by Gasteiger charge is -2.48. The Labute approximate surface area is 189 Å². The van der Waals surface area contributed by atoms with Crippen LogP contribution in [0.1, 0.15) is 97.1 Å². The predicted octanol–water partition coefficient (Wildman–Crippen LogP) is 8.96. The van der Waals surface area contributed by atoms with E-state index in [4.69, 9.17) is 4.74 Å². The molecule has 0 spiro atoms. The molecule has 0 unspecified atom stereocenters. The summed E-state index contributed by atoms with van der Waals surface area (Å²) in [6.45, 7) is 15.8. The van der Waals surface area contributed by atoms with E-state index in [2.05, 4.69) is 34.6 Å². The van der Waals surface area contributed by atoms with E-state index in [9.17, 15) is 8.78 Å². The smallest absolute Gasteiger partial charge is 0.400 e. The van der Waals surface area contributed by atoms with Crippen LogP contribution in [0.4, 0.5) is 8.78 Å². The summed E-state index contributed by atoms with van der Waals surface area (Å²) in [5.41, 5.74) is 2.71. The van der Waals surface area contributed by atoms with Crippen LogP contribution in [-0.4, -0.2) is 6.11 Å². The van der Waals surface area contributed by atoms with Crippen LogP contribution in [0.25, 0.3) is 0 Å². The van der Waals surface area contributed by atoms with Crippen LogP contribution in [0.2, 0.25) is 0 Å². The van der Waals surface area contributed by atoms with Crippen LogP contribution in [0.5, 0.6) is 5.75 Å². The van der Waals surface area contributed by atoms with Gasteiger partial charge < -0.3 is 4.74 Å². The maximum absolute atomic E-state index is 14.9. The third kappa shape index (κ3) is 5.63. The fraction of sp³-hybridized carbons (Fsp3) is 0.786. The Morgan fingerprint density at radius 2 is 1.13 bits per heavy atom. The van der Waals surface area contributed by atoms with Crippen molar-refractivity contribution in [3.05, 3.63) is 29.3 Å². The summed E-state index contributed by atoms with van der Waals surface area (Å²) in [6, 6.07) is 5.25. The van der Waals surface area contributed by atoms with E-state index >= 15 is 0 Å². The zero-order valence-electron chi connectivity index (χ0n) is 20.9. The van der Waals surface area contributed by atoms with Crippen molar-refractivity contribution in [2.45, 2.75) is 106 Å². The molecule has 0 aromatic heterocycles. The molecule has 0 atom stereocenters. The number of ether oxygens (including phenoxy) is 1. The van der Waals surface area contributed by atoms with E-state index in [-0.39, 0.29) is 11.2 Å². The molecule has 1 aromatic carbocycles. The van der Waals surface area contributed by atoms with Gasteiger partial charge in [0, 0.05) is 0 Å². The van der Waals surface area contributed by atoms with E-state index in [1.807, 2.05) is 19.9 Å². The van der Waals surface area contributed by atoms with E-state index in [0.717, 1.165) is 35.8 Å². The lowest BCUT2D eigenvalue weighted by atomic mass is 9.57. The molecular formula is C28H44F2O. The topological polar surface area (TPSA) is 9.23 Å². The van der Waals surface area contributed by atoms with Crippen molar-refractivity contribution in [1.82, 2.24) is 0 Å². The highest BCUT2D eigenvalue weighted by Crippen LogP contribution is 2.53. The number of benzene rings is 1. The molecule has 3 heteroatoms. The predicted molar refractivity (Wildman–Crippen MR) is 126 cm³/mol. The average Bonchev–Trinajstić information content (AvgIpc) is 2.70. The van der Waals surface area contributed by atoms with E-state index in [0.29, 0.717) is 24.2 Å². The molecule has 0 saturated heterocycles. The first kappa shape index (κ1) is 24.5. The van der Waals surface area contributed by atoms with Gasteiger partial charge >= 0.3 is 6.11 Å². The zero-order chi connectivity index (χ0) is 23.0. The summed E-state index contributed by atoms with van der Waals surface area (Å²) in [6.07, 6.45) is 5.02. The van der Waals surface area contributed by atoms with Gasteiger partial charge in [-0.25, -0.2) is 0 Å². The van der Waals surface area contributed by atoms with Gasteiger partial charge in [-0.3, -0.25) is 0 Å². The highest BCUT2D eigenvalue weighted by Gasteiger charge is 2.48. The van der Waals surface area contributed by atoms with Gasteiger partial charge in [0.05, 0.1) is 5.92 Å². The monoisotopic (exact) mass is 434 g/mol. The molecule has 0 bridgehead atoms.